The fraction of sp³-hybridized carbons (Fsp3) is 0.250. The summed E-state index contributed by atoms with van der Waals surface area (Å²) in [6.07, 6.45) is -10.6. The van der Waals surface area contributed by atoms with Gasteiger partial charge in [0.15, 0.2) is 0 Å². The van der Waals surface area contributed by atoms with Crippen LogP contribution < -0.4 is 5.01 Å². The molecule has 2 aromatic carbocycles. The second kappa shape index (κ2) is 9.99. The molecule has 0 aromatic heterocycles. The molecule has 0 unspecified atom stereocenters. The van der Waals surface area contributed by atoms with Crippen molar-refractivity contribution in [2.24, 2.45) is 10.3 Å². The Morgan fingerprint density at radius 2 is 1.52 bits per heavy atom. The van der Waals surface area contributed by atoms with Crippen molar-refractivity contribution in [3.8, 4) is 12.1 Å². The zero-order chi connectivity index (χ0) is 24.8. The minimum atomic E-state index is -4.84. The smallest absolute Gasteiger partial charge is 0.436 e. The van der Waals surface area contributed by atoms with Crippen molar-refractivity contribution in [2.75, 3.05) is 11.6 Å². The molecule has 1 amide bonds. The number of rotatable bonds is 5. The average molecular weight is 469 g/mol. The Balaban J connectivity index is 2.65. The van der Waals surface area contributed by atoms with Gasteiger partial charge in [-0.2, -0.15) is 36.9 Å². The van der Waals surface area contributed by atoms with Crippen LogP contribution in [-0.4, -0.2) is 12.7 Å². The summed E-state index contributed by atoms with van der Waals surface area (Å²) in [6.45, 7) is 1.46. The first-order valence-corrected chi connectivity index (χ1v) is 9.03. The molecule has 172 valence electrons. The second-order valence-electron chi connectivity index (χ2n) is 6.30. The van der Waals surface area contributed by atoms with Gasteiger partial charge in [0.05, 0.1) is 34.5 Å². The number of halogens is 6. The Bertz CT molecular complexity index is 1150. The van der Waals surface area contributed by atoms with E-state index in [4.69, 9.17) is 10.00 Å². The number of nitriles is 2. The third-order valence-electron chi connectivity index (χ3n) is 3.96. The molecule has 2 aromatic rings. The molecule has 13 heteroatoms. The first-order chi connectivity index (χ1) is 15.4. The molecule has 0 fully saturated rings. The summed E-state index contributed by atoms with van der Waals surface area (Å²) >= 11 is 0. The molecule has 33 heavy (non-hydrogen) atoms. The number of benzene rings is 2. The molecular formula is C20H13F6N5O2. The van der Waals surface area contributed by atoms with E-state index in [9.17, 15) is 36.4 Å². The van der Waals surface area contributed by atoms with Gasteiger partial charge in [-0.05, 0) is 42.8 Å². The van der Waals surface area contributed by atoms with Gasteiger partial charge >= 0.3 is 18.4 Å². The van der Waals surface area contributed by atoms with E-state index in [0.717, 1.165) is 12.1 Å². The summed E-state index contributed by atoms with van der Waals surface area (Å²) in [5, 5.41) is 25.5. The molecular weight excluding hydrogens is 456 g/mol. The van der Waals surface area contributed by atoms with Crippen molar-refractivity contribution >= 4 is 17.5 Å². The van der Waals surface area contributed by atoms with Crippen LogP contribution in [0.4, 0.5) is 42.5 Å². The van der Waals surface area contributed by atoms with Gasteiger partial charge in [-0.25, -0.2) is 4.79 Å². The van der Waals surface area contributed by atoms with Crippen molar-refractivity contribution < 1.29 is 35.9 Å². The van der Waals surface area contributed by atoms with E-state index in [2.05, 4.69) is 10.3 Å². The van der Waals surface area contributed by atoms with Crippen molar-refractivity contribution in [2.45, 2.75) is 25.7 Å². The average Bonchev–Trinajstić information content (AvgIpc) is 2.76. The summed E-state index contributed by atoms with van der Waals surface area (Å²) in [7, 11) is 0. The molecule has 0 N–H and O–H groups in total. The van der Waals surface area contributed by atoms with E-state index >= 15 is 0 Å². The summed E-state index contributed by atoms with van der Waals surface area (Å²) < 4.78 is 83.4. The Labute approximate surface area is 183 Å². The lowest BCUT2D eigenvalue weighted by molar-refractivity contribution is -0.138. The van der Waals surface area contributed by atoms with E-state index in [1.165, 1.54) is 0 Å². The number of hydrogen-bond acceptors (Lipinski definition) is 6. The first-order valence-electron chi connectivity index (χ1n) is 9.03. The van der Waals surface area contributed by atoms with Gasteiger partial charge in [-0.1, -0.05) is 12.1 Å². The number of amides is 1. The fourth-order valence-electron chi connectivity index (χ4n) is 2.39. The Kier molecular flexibility index (Phi) is 7.61. The summed E-state index contributed by atoms with van der Waals surface area (Å²) in [4.78, 5) is 12.4. The lowest BCUT2D eigenvalue weighted by atomic mass is 10.1. The standard InChI is InChI=1S/C20H13F6N5O2/c1-2-7-33-18(32)31(17-9-15(20(24,25)26)6-4-13(17)11-28)30-29-16-8-14(19(21,22)23)5-3-12(16)10-27/h3-6,8-9H,2,7H2,1H3/b30-29+. The van der Waals surface area contributed by atoms with Crippen molar-refractivity contribution in [3.05, 3.63) is 58.7 Å². The maximum atomic E-state index is 13.2. The second-order valence-corrected chi connectivity index (χ2v) is 6.30. The minimum absolute atomic E-state index is 0.168. The number of nitrogens with zero attached hydrogens (tertiary/aromatic N) is 5. The van der Waals surface area contributed by atoms with Gasteiger partial charge in [-0.3, -0.25) is 0 Å². The summed E-state index contributed by atoms with van der Waals surface area (Å²) in [5.74, 6) is 0. The van der Waals surface area contributed by atoms with E-state index in [-0.39, 0.29) is 17.2 Å². The van der Waals surface area contributed by atoms with Crippen LogP contribution in [0.25, 0.3) is 0 Å². The van der Waals surface area contributed by atoms with Crippen LogP contribution in [0.5, 0.6) is 0 Å². The van der Waals surface area contributed by atoms with Crippen LogP contribution >= 0.6 is 0 Å². The summed E-state index contributed by atoms with van der Waals surface area (Å²) in [5.41, 5.74) is -4.43. The highest BCUT2D eigenvalue weighted by Gasteiger charge is 2.33. The van der Waals surface area contributed by atoms with Crippen LogP contribution in [0.15, 0.2) is 46.7 Å². The maximum absolute atomic E-state index is 13.2. The largest absolute Gasteiger partial charge is 0.448 e. The van der Waals surface area contributed by atoms with Crippen molar-refractivity contribution in [1.29, 1.82) is 10.5 Å². The van der Waals surface area contributed by atoms with Crippen LogP contribution in [0.3, 0.4) is 0 Å². The zero-order valence-corrected chi connectivity index (χ0v) is 16.7. The van der Waals surface area contributed by atoms with Gasteiger partial charge in [0, 0.05) is 0 Å². The predicted octanol–water partition coefficient (Wildman–Crippen LogP) is 6.52. The molecule has 0 saturated carbocycles. The molecule has 2 rings (SSSR count). The van der Waals surface area contributed by atoms with Gasteiger partial charge in [0.2, 0.25) is 0 Å². The van der Waals surface area contributed by atoms with Gasteiger partial charge in [0.25, 0.3) is 0 Å². The quantitative estimate of drug-likeness (QED) is 0.283. The molecule has 0 radical (unpaired) electrons. The number of hydrogen-bond donors (Lipinski definition) is 0. The molecule has 0 aliphatic heterocycles. The number of anilines is 1. The fourth-order valence-corrected chi connectivity index (χ4v) is 2.39. The lowest BCUT2D eigenvalue weighted by Gasteiger charge is -2.18. The van der Waals surface area contributed by atoms with Crippen molar-refractivity contribution in [1.82, 2.24) is 0 Å². The topological polar surface area (TPSA) is 102 Å². The molecule has 0 heterocycles. The predicted molar refractivity (Wildman–Crippen MR) is 101 cm³/mol. The SMILES string of the molecule is CCCOC(=O)N(/N=N/c1cc(C(F)(F)F)ccc1C#N)c1cc(C(F)(F)F)ccc1C#N. The highest BCUT2D eigenvalue weighted by atomic mass is 19.4. The highest BCUT2D eigenvalue weighted by Crippen LogP contribution is 2.35. The molecule has 0 bridgehead atoms. The normalized spacial score (nSPS) is 11.7. The van der Waals surface area contributed by atoms with E-state index in [1.807, 2.05) is 0 Å². The molecule has 7 nitrogen and oxygen atoms in total. The lowest BCUT2D eigenvalue weighted by Crippen LogP contribution is -2.27. The van der Waals surface area contributed by atoms with Crippen LogP contribution in [0.1, 0.15) is 35.6 Å². The van der Waals surface area contributed by atoms with E-state index < -0.39 is 46.5 Å². The third kappa shape index (κ3) is 6.20. The maximum Gasteiger partial charge on any atom is 0.436 e. The summed E-state index contributed by atoms with van der Waals surface area (Å²) in [6, 6.07) is 6.97. The van der Waals surface area contributed by atoms with Crippen LogP contribution in [0.2, 0.25) is 0 Å². The number of ether oxygens (including phenoxy) is 1. The zero-order valence-electron chi connectivity index (χ0n) is 16.7. The van der Waals surface area contributed by atoms with E-state index in [1.54, 1.807) is 19.1 Å². The number of carbonyl (C=O) groups is 1. The highest BCUT2D eigenvalue weighted by molar-refractivity contribution is 5.88. The van der Waals surface area contributed by atoms with Crippen LogP contribution in [-0.2, 0) is 17.1 Å². The number of alkyl halides is 6. The third-order valence-corrected chi connectivity index (χ3v) is 3.96. The number of carbonyl (C=O) groups excluding carboxylic acids is 1. The van der Waals surface area contributed by atoms with E-state index in [0.29, 0.717) is 30.7 Å². The van der Waals surface area contributed by atoms with Crippen molar-refractivity contribution in [3.63, 3.8) is 0 Å². The molecule has 0 saturated heterocycles. The monoisotopic (exact) mass is 469 g/mol. The molecule has 0 atom stereocenters. The minimum Gasteiger partial charge on any atom is -0.448 e. The van der Waals surface area contributed by atoms with Gasteiger partial charge in [-0.15, -0.1) is 10.1 Å². The first kappa shape index (κ1) is 25.1. The van der Waals surface area contributed by atoms with Gasteiger partial charge in [0.1, 0.15) is 17.8 Å². The molecule has 0 spiro atoms. The Morgan fingerprint density at radius 1 is 0.970 bits per heavy atom. The Hall–Kier alpha value is -4.13. The molecule has 0 aliphatic rings. The van der Waals surface area contributed by atoms with Crippen LogP contribution in [0, 0.1) is 22.7 Å². The van der Waals surface area contributed by atoms with Gasteiger partial charge < -0.3 is 4.74 Å². The molecule has 0 aliphatic carbocycles. The Morgan fingerprint density at radius 3 is 2.03 bits per heavy atom.